The summed E-state index contributed by atoms with van der Waals surface area (Å²) in [5.74, 6) is 1.67. The number of rotatable bonds is 6. The molecular weight excluding hydrogens is 270 g/mol. The van der Waals surface area contributed by atoms with Crippen molar-refractivity contribution in [3.8, 4) is 5.88 Å². The van der Waals surface area contributed by atoms with Gasteiger partial charge < -0.3 is 19.8 Å². The van der Waals surface area contributed by atoms with E-state index in [1.807, 2.05) is 0 Å². The van der Waals surface area contributed by atoms with Crippen LogP contribution in [0, 0.1) is 5.92 Å². The third kappa shape index (κ3) is 3.41. The molecule has 1 saturated heterocycles. The lowest BCUT2D eigenvalue weighted by molar-refractivity contribution is 0.0493. The first-order chi connectivity index (χ1) is 10.4. The van der Waals surface area contributed by atoms with Gasteiger partial charge in [-0.05, 0) is 25.2 Å². The Hall–Kier alpha value is -1.89. The van der Waals surface area contributed by atoms with E-state index in [1.54, 1.807) is 6.33 Å². The maximum Gasteiger partial charge on any atom is 0.245 e. The Bertz CT molecular complexity index is 580. The number of H-pyrrole nitrogens is 1. The molecule has 1 fully saturated rings. The number of nitrogens with one attached hydrogen (secondary N) is 2. The first-order valence-electron chi connectivity index (χ1n) is 7.52. The molecular formula is C14H21N5O2. The molecule has 7 nitrogen and oxygen atoms in total. The number of aromatic nitrogens is 4. The molecule has 1 aliphatic heterocycles. The highest BCUT2D eigenvalue weighted by Gasteiger charge is 2.17. The Morgan fingerprint density at radius 3 is 3.05 bits per heavy atom. The molecule has 0 aromatic carbocycles. The molecule has 2 aromatic heterocycles. The second-order valence-electron chi connectivity index (χ2n) is 5.25. The fraction of sp³-hybridized carbons (Fsp3) is 0.643. The van der Waals surface area contributed by atoms with Crippen molar-refractivity contribution in [3.63, 3.8) is 0 Å². The number of fused-ring (bicyclic) bond motifs is 1. The maximum atomic E-state index is 5.92. The van der Waals surface area contributed by atoms with E-state index in [-0.39, 0.29) is 0 Å². The maximum absolute atomic E-state index is 5.92. The summed E-state index contributed by atoms with van der Waals surface area (Å²) in [6, 6.07) is 0. The number of anilines is 1. The van der Waals surface area contributed by atoms with Crippen molar-refractivity contribution >= 4 is 17.1 Å². The predicted molar refractivity (Wildman–Crippen MR) is 79.5 cm³/mol. The molecule has 0 unspecified atom stereocenters. The van der Waals surface area contributed by atoms with Crippen molar-refractivity contribution < 1.29 is 9.47 Å². The van der Waals surface area contributed by atoms with Crippen molar-refractivity contribution in [2.24, 2.45) is 5.92 Å². The molecule has 0 bridgehead atoms. The second-order valence-corrected chi connectivity index (χ2v) is 5.25. The molecule has 1 aliphatic rings. The van der Waals surface area contributed by atoms with Crippen LogP contribution in [0.2, 0.25) is 0 Å². The lowest BCUT2D eigenvalue weighted by Gasteiger charge is -2.21. The minimum absolute atomic E-state index is 0.527. The molecule has 3 rings (SSSR count). The van der Waals surface area contributed by atoms with E-state index in [0.717, 1.165) is 44.5 Å². The van der Waals surface area contributed by atoms with Gasteiger partial charge in [0.2, 0.25) is 11.8 Å². The Morgan fingerprint density at radius 2 is 2.24 bits per heavy atom. The summed E-state index contributed by atoms with van der Waals surface area (Å²) in [7, 11) is 0. The van der Waals surface area contributed by atoms with E-state index >= 15 is 0 Å². The summed E-state index contributed by atoms with van der Waals surface area (Å²) in [4.78, 5) is 16.1. The van der Waals surface area contributed by atoms with Gasteiger partial charge in [0.15, 0.2) is 5.65 Å². The van der Waals surface area contributed by atoms with Crippen LogP contribution >= 0.6 is 0 Å². The number of imidazole rings is 1. The third-order valence-corrected chi connectivity index (χ3v) is 3.58. The van der Waals surface area contributed by atoms with Gasteiger partial charge in [0.25, 0.3) is 0 Å². The van der Waals surface area contributed by atoms with Crippen LogP contribution in [0.3, 0.4) is 0 Å². The summed E-state index contributed by atoms with van der Waals surface area (Å²) in [5, 5.41) is 3.18. The molecule has 2 N–H and O–H groups in total. The molecule has 0 spiro atoms. The van der Waals surface area contributed by atoms with E-state index in [1.165, 1.54) is 0 Å². The molecule has 7 heteroatoms. The summed E-state index contributed by atoms with van der Waals surface area (Å²) in [5.41, 5.74) is 1.38. The van der Waals surface area contributed by atoms with E-state index in [0.29, 0.717) is 30.0 Å². The predicted octanol–water partition coefficient (Wildman–Crippen LogP) is 1.98. The summed E-state index contributed by atoms with van der Waals surface area (Å²) in [6.45, 7) is 5.22. The Labute approximate surface area is 123 Å². The van der Waals surface area contributed by atoms with Crippen LogP contribution in [-0.2, 0) is 4.74 Å². The minimum atomic E-state index is 0.527. The number of nitrogens with zero attached hydrogens (tertiary/aromatic N) is 3. The fourth-order valence-corrected chi connectivity index (χ4v) is 2.34. The van der Waals surface area contributed by atoms with Gasteiger partial charge in [-0.15, -0.1) is 0 Å². The first kappa shape index (κ1) is 14.1. The fourth-order valence-electron chi connectivity index (χ4n) is 2.34. The van der Waals surface area contributed by atoms with Crippen LogP contribution in [-0.4, -0.2) is 46.3 Å². The van der Waals surface area contributed by atoms with E-state index in [9.17, 15) is 0 Å². The van der Waals surface area contributed by atoms with Gasteiger partial charge in [-0.3, -0.25) is 0 Å². The van der Waals surface area contributed by atoms with Crippen molar-refractivity contribution in [3.05, 3.63) is 6.33 Å². The van der Waals surface area contributed by atoms with Crippen LogP contribution in [0.15, 0.2) is 6.33 Å². The van der Waals surface area contributed by atoms with Gasteiger partial charge in [0, 0.05) is 19.8 Å². The number of hydrogen-bond acceptors (Lipinski definition) is 6. The summed E-state index contributed by atoms with van der Waals surface area (Å²) in [6.07, 6.45) is 4.71. The van der Waals surface area contributed by atoms with Crippen molar-refractivity contribution in [2.45, 2.75) is 26.2 Å². The van der Waals surface area contributed by atoms with E-state index in [4.69, 9.17) is 9.47 Å². The zero-order valence-electron chi connectivity index (χ0n) is 12.3. The van der Waals surface area contributed by atoms with Crippen molar-refractivity contribution in [1.82, 2.24) is 19.9 Å². The van der Waals surface area contributed by atoms with Gasteiger partial charge >= 0.3 is 0 Å². The van der Waals surface area contributed by atoms with Gasteiger partial charge in [0.05, 0.1) is 12.9 Å². The van der Waals surface area contributed by atoms with E-state index < -0.39 is 0 Å². The van der Waals surface area contributed by atoms with Gasteiger partial charge in [-0.25, -0.2) is 4.98 Å². The average Bonchev–Trinajstić information content (AvgIpc) is 3.00. The second kappa shape index (κ2) is 6.71. The third-order valence-electron chi connectivity index (χ3n) is 3.58. The highest BCUT2D eigenvalue weighted by molar-refractivity contribution is 5.76. The highest BCUT2D eigenvalue weighted by Crippen LogP contribution is 2.23. The Morgan fingerprint density at radius 1 is 1.38 bits per heavy atom. The summed E-state index contributed by atoms with van der Waals surface area (Å²) < 4.78 is 11.3. The smallest absolute Gasteiger partial charge is 0.245 e. The molecule has 21 heavy (non-hydrogen) atoms. The molecule has 0 aliphatic carbocycles. The largest absolute Gasteiger partial charge is 0.476 e. The van der Waals surface area contributed by atoms with Crippen LogP contribution in [0.4, 0.5) is 5.95 Å². The van der Waals surface area contributed by atoms with Crippen LogP contribution in [0.1, 0.15) is 26.2 Å². The highest BCUT2D eigenvalue weighted by atomic mass is 16.5. The summed E-state index contributed by atoms with van der Waals surface area (Å²) >= 11 is 0. The van der Waals surface area contributed by atoms with Crippen LogP contribution in [0.25, 0.3) is 11.2 Å². The lowest BCUT2D eigenvalue weighted by Crippen LogP contribution is -2.22. The van der Waals surface area contributed by atoms with Gasteiger partial charge in [-0.1, -0.05) is 6.92 Å². The minimum Gasteiger partial charge on any atom is -0.476 e. The van der Waals surface area contributed by atoms with Crippen molar-refractivity contribution in [2.75, 3.05) is 31.7 Å². The Balaban J connectivity index is 1.73. The van der Waals surface area contributed by atoms with Crippen LogP contribution in [0.5, 0.6) is 5.88 Å². The number of ether oxygens (including phenoxy) is 2. The molecule has 3 heterocycles. The van der Waals surface area contributed by atoms with Crippen molar-refractivity contribution in [1.29, 1.82) is 0 Å². The van der Waals surface area contributed by atoms with Gasteiger partial charge in [0.1, 0.15) is 5.52 Å². The van der Waals surface area contributed by atoms with Gasteiger partial charge in [-0.2, -0.15) is 9.97 Å². The standard InChI is InChI=1S/C14H21N5O2/c1-2-5-15-14-18-12-11(16-9-17-12)13(19-14)21-8-10-3-6-20-7-4-10/h9-10H,2-8H2,1H3,(H2,15,16,17,18,19). The molecule has 0 atom stereocenters. The molecule has 114 valence electrons. The zero-order valence-corrected chi connectivity index (χ0v) is 12.3. The SMILES string of the molecule is CCCNc1nc(OCC2CCOCC2)c2[nH]cnc2n1. The van der Waals surface area contributed by atoms with E-state index in [2.05, 4.69) is 32.2 Å². The van der Waals surface area contributed by atoms with Crippen LogP contribution < -0.4 is 10.1 Å². The first-order valence-corrected chi connectivity index (χ1v) is 7.52. The molecule has 2 aromatic rings. The monoisotopic (exact) mass is 291 g/mol. The number of hydrogen-bond donors (Lipinski definition) is 2. The topological polar surface area (TPSA) is 85.0 Å². The zero-order chi connectivity index (χ0) is 14.5. The molecule has 0 radical (unpaired) electrons. The average molecular weight is 291 g/mol. The normalized spacial score (nSPS) is 16.2. The molecule has 0 amide bonds. The lowest BCUT2D eigenvalue weighted by atomic mass is 10.0. The quantitative estimate of drug-likeness (QED) is 0.846. The Kier molecular flexibility index (Phi) is 4.49. The molecule has 0 saturated carbocycles. The number of aromatic amines is 1.